The second-order valence-corrected chi connectivity index (χ2v) is 4.35. The largest absolute Gasteiger partial charge is 0.390 e. The fourth-order valence-corrected chi connectivity index (χ4v) is 1.95. The Morgan fingerprint density at radius 2 is 2.26 bits per heavy atom. The van der Waals surface area contributed by atoms with Crippen molar-refractivity contribution in [2.45, 2.75) is 59.5 Å². The molecule has 0 aromatic carbocycles. The van der Waals surface area contributed by atoms with E-state index in [9.17, 15) is 0 Å². The summed E-state index contributed by atoms with van der Waals surface area (Å²) in [5.74, 6) is 0. The van der Waals surface area contributed by atoms with E-state index in [2.05, 4.69) is 5.10 Å². The average Bonchev–Trinajstić information content (AvgIpc) is 2.82. The van der Waals surface area contributed by atoms with Gasteiger partial charge in [-0.1, -0.05) is 13.8 Å². The average molecular weight is 270 g/mol. The van der Waals surface area contributed by atoms with Gasteiger partial charge in [-0.2, -0.15) is 5.10 Å². The summed E-state index contributed by atoms with van der Waals surface area (Å²) in [5.41, 5.74) is 1.75. The summed E-state index contributed by atoms with van der Waals surface area (Å²) in [4.78, 5) is 0. The molecule has 1 fully saturated rings. The fraction of sp³-hybridized carbons (Fsp3) is 0.786. The summed E-state index contributed by atoms with van der Waals surface area (Å²) in [6.07, 6.45) is 5.19. The van der Waals surface area contributed by atoms with Crippen LogP contribution < -0.4 is 0 Å². The summed E-state index contributed by atoms with van der Waals surface area (Å²) < 4.78 is 12.9. The molecule has 2 heterocycles. The van der Waals surface area contributed by atoms with Crippen LogP contribution in [0.5, 0.6) is 0 Å². The third kappa shape index (κ3) is 5.30. The lowest BCUT2D eigenvalue weighted by molar-refractivity contribution is -0.163. The number of aliphatic hydroxyl groups is 1. The van der Waals surface area contributed by atoms with Crippen molar-refractivity contribution in [1.29, 1.82) is 0 Å². The van der Waals surface area contributed by atoms with E-state index in [1.165, 1.54) is 6.42 Å². The molecule has 1 saturated heterocycles. The van der Waals surface area contributed by atoms with Gasteiger partial charge >= 0.3 is 0 Å². The summed E-state index contributed by atoms with van der Waals surface area (Å²) in [6.45, 7) is 8.03. The van der Waals surface area contributed by atoms with E-state index in [1.54, 1.807) is 0 Å². The maximum Gasteiger partial charge on any atom is 0.157 e. The van der Waals surface area contributed by atoms with Crippen LogP contribution in [0.15, 0.2) is 6.20 Å². The molecule has 110 valence electrons. The fourth-order valence-electron chi connectivity index (χ4n) is 1.95. The van der Waals surface area contributed by atoms with Crippen LogP contribution in [0.25, 0.3) is 0 Å². The molecule has 0 bridgehead atoms. The van der Waals surface area contributed by atoms with Crippen LogP contribution in [0.2, 0.25) is 0 Å². The Balaban J connectivity index is 0.000000861. The van der Waals surface area contributed by atoms with Gasteiger partial charge in [0.25, 0.3) is 0 Å². The number of hydrogen-bond acceptors (Lipinski definition) is 4. The lowest BCUT2D eigenvalue weighted by atomic mass is 10.2. The predicted molar refractivity (Wildman–Crippen MR) is 73.8 cm³/mol. The summed E-state index contributed by atoms with van der Waals surface area (Å²) in [7, 11) is 0. The molecule has 1 unspecified atom stereocenters. The van der Waals surface area contributed by atoms with Crippen molar-refractivity contribution < 1.29 is 14.6 Å². The van der Waals surface area contributed by atoms with E-state index in [0.717, 1.165) is 30.7 Å². The topological polar surface area (TPSA) is 56.5 Å². The smallest absolute Gasteiger partial charge is 0.157 e. The van der Waals surface area contributed by atoms with Crippen LogP contribution in [-0.2, 0) is 22.6 Å². The Labute approximate surface area is 115 Å². The first kappa shape index (κ1) is 16.1. The van der Waals surface area contributed by atoms with Crippen molar-refractivity contribution in [2.75, 3.05) is 13.2 Å². The number of aliphatic hydroxyl groups excluding tert-OH is 1. The van der Waals surface area contributed by atoms with E-state index in [0.29, 0.717) is 13.2 Å². The minimum absolute atomic E-state index is 0.00851. The molecule has 5 nitrogen and oxygen atoms in total. The van der Waals surface area contributed by atoms with Gasteiger partial charge in [0.1, 0.15) is 0 Å². The van der Waals surface area contributed by atoms with Gasteiger partial charge in [0.05, 0.1) is 25.5 Å². The van der Waals surface area contributed by atoms with E-state index in [1.807, 2.05) is 31.6 Å². The molecule has 1 aromatic rings. The van der Waals surface area contributed by atoms with Gasteiger partial charge in [0.2, 0.25) is 0 Å². The van der Waals surface area contributed by atoms with E-state index < -0.39 is 0 Å². The lowest BCUT2D eigenvalue weighted by Crippen LogP contribution is -2.24. The molecule has 0 saturated carbocycles. The number of rotatable bonds is 5. The SMILES string of the molecule is CC.Cc1cn(CCOC2CCCCO2)nc1CO. The number of ether oxygens (including phenoxy) is 2. The number of hydrogen-bond donors (Lipinski definition) is 1. The molecule has 0 aliphatic carbocycles. The molecule has 2 rings (SSSR count). The highest BCUT2D eigenvalue weighted by Crippen LogP contribution is 2.13. The third-order valence-corrected chi connectivity index (χ3v) is 2.96. The van der Waals surface area contributed by atoms with E-state index >= 15 is 0 Å². The van der Waals surface area contributed by atoms with E-state index in [4.69, 9.17) is 14.6 Å². The molecule has 1 aromatic heterocycles. The van der Waals surface area contributed by atoms with Crippen LogP contribution >= 0.6 is 0 Å². The molecular formula is C14H26N2O3. The zero-order valence-corrected chi connectivity index (χ0v) is 12.3. The molecule has 1 aliphatic heterocycles. The van der Waals surface area contributed by atoms with Gasteiger partial charge in [-0.3, -0.25) is 4.68 Å². The highest BCUT2D eigenvalue weighted by molar-refractivity contribution is 5.13. The number of aryl methyl sites for hydroxylation is 1. The highest BCUT2D eigenvalue weighted by Gasteiger charge is 2.13. The number of aromatic nitrogens is 2. The van der Waals surface area contributed by atoms with Crippen LogP contribution in [-0.4, -0.2) is 34.4 Å². The minimum Gasteiger partial charge on any atom is -0.390 e. The van der Waals surface area contributed by atoms with Gasteiger partial charge < -0.3 is 14.6 Å². The monoisotopic (exact) mass is 270 g/mol. The second kappa shape index (κ2) is 9.07. The molecule has 1 N–H and O–H groups in total. The molecule has 0 spiro atoms. The van der Waals surface area contributed by atoms with Gasteiger partial charge in [0.15, 0.2) is 6.29 Å². The van der Waals surface area contributed by atoms with Crippen molar-refractivity contribution >= 4 is 0 Å². The summed E-state index contributed by atoms with van der Waals surface area (Å²) in [5, 5.41) is 13.3. The summed E-state index contributed by atoms with van der Waals surface area (Å²) in [6, 6.07) is 0. The summed E-state index contributed by atoms with van der Waals surface area (Å²) >= 11 is 0. The molecule has 0 radical (unpaired) electrons. The van der Waals surface area contributed by atoms with Crippen LogP contribution in [0.1, 0.15) is 44.4 Å². The van der Waals surface area contributed by atoms with E-state index in [-0.39, 0.29) is 12.9 Å². The van der Waals surface area contributed by atoms with Crippen molar-refractivity contribution in [3.05, 3.63) is 17.5 Å². The Kier molecular flexibility index (Phi) is 7.70. The maximum absolute atomic E-state index is 9.03. The van der Waals surface area contributed by atoms with Crippen LogP contribution in [0, 0.1) is 6.92 Å². The zero-order valence-electron chi connectivity index (χ0n) is 12.3. The standard InChI is InChI=1S/C12H20N2O3.C2H6/c1-10-8-14(13-11(10)9-15)5-7-17-12-4-2-3-6-16-12;1-2/h8,12,15H,2-7,9H2,1H3;1-2H3. The zero-order chi connectivity index (χ0) is 14.1. The predicted octanol–water partition coefficient (Wildman–Crippen LogP) is 2.25. The quantitative estimate of drug-likeness (QED) is 0.891. The Morgan fingerprint density at radius 1 is 1.47 bits per heavy atom. The first-order chi connectivity index (χ1) is 9.29. The van der Waals surface area contributed by atoms with Crippen LogP contribution in [0.3, 0.4) is 0 Å². The number of nitrogens with zero attached hydrogens (tertiary/aromatic N) is 2. The van der Waals surface area contributed by atoms with Crippen molar-refractivity contribution in [1.82, 2.24) is 9.78 Å². The van der Waals surface area contributed by atoms with Crippen molar-refractivity contribution in [2.24, 2.45) is 0 Å². The van der Waals surface area contributed by atoms with Gasteiger partial charge in [-0.15, -0.1) is 0 Å². The molecule has 19 heavy (non-hydrogen) atoms. The van der Waals surface area contributed by atoms with Gasteiger partial charge in [-0.05, 0) is 31.7 Å². The molecule has 1 atom stereocenters. The Morgan fingerprint density at radius 3 is 2.84 bits per heavy atom. The molecule has 5 heteroatoms. The Bertz CT molecular complexity index is 346. The van der Waals surface area contributed by atoms with Crippen LogP contribution in [0.4, 0.5) is 0 Å². The minimum atomic E-state index is -0.0438. The Hall–Kier alpha value is -0.910. The lowest BCUT2D eigenvalue weighted by Gasteiger charge is -2.22. The molecule has 1 aliphatic rings. The second-order valence-electron chi connectivity index (χ2n) is 4.35. The van der Waals surface area contributed by atoms with Gasteiger partial charge in [0, 0.05) is 12.8 Å². The highest BCUT2D eigenvalue weighted by atomic mass is 16.7. The molecular weight excluding hydrogens is 244 g/mol. The van der Waals surface area contributed by atoms with Gasteiger partial charge in [-0.25, -0.2) is 0 Å². The van der Waals surface area contributed by atoms with Crippen molar-refractivity contribution in [3.8, 4) is 0 Å². The maximum atomic E-state index is 9.03. The van der Waals surface area contributed by atoms with Crippen molar-refractivity contribution in [3.63, 3.8) is 0 Å². The molecule has 0 amide bonds. The first-order valence-corrected chi connectivity index (χ1v) is 7.16. The normalized spacial score (nSPS) is 18.8. The third-order valence-electron chi connectivity index (χ3n) is 2.96. The first-order valence-electron chi connectivity index (χ1n) is 7.16.